The molecule has 0 amide bonds. The Kier molecular flexibility index (Phi) is 1.89. The smallest absolute Gasteiger partial charge is 0.109 e. The van der Waals surface area contributed by atoms with Gasteiger partial charge >= 0.3 is 0 Å². The average molecular weight is 162 g/mol. The molecule has 1 aromatic rings. The van der Waals surface area contributed by atoms with Crippen LogP contribution in [0.5, 0.6) is 0 Å². The topological polar surface area (TPSA) is 12.5 Å². The Labute approximate surface area is 73.4 Å². The number of hydrogen-bond donors (Lipinski definition) is 0. The van der Waals surface area contributed by atoms with Crippen LogP contribution in [0.2, 0.25) is 0 Å². The van der Waals surface area contributed by atoms with Gasteiger partial charge in [-0.1, -0.05) is 44.2 Å². The predicted octanol–water partition coefficient (Wildman–Crippen LogP) is 2.78. The van der Waals surface area contributed by atoms with Crippen LogP contribution in [0.25, 0.3) is 0 Å². The molecule has 1 heteroatoms. The van der Waals surface area contributed by atoms with Gasteiger partial charge in [0.2, 0.25) is 0 Å². The predicted molar refractivity (Wildman–Crippen MR) is 48.9 cm³/mol. The summed E-state index contributed by atoms with van der Waals surface area (Å²) >= 11 is 0. The van der Waals surface area contributed by atoms with Crippen LogP contribution >= 0.6 is 0 Å². The molecule has 0 radical (unpaired) electrons. The van der Waals surface area contributed by atoms with Gasteiger partial charge in [-0.25, -0.2) is 0 Å². The molecule has 2 unspecified atom stereocenters. The van der Waals surface area contributed by atoms with Crippen molar-refractivity contribution in [3.8, 4) is 0 Å². The molecule has 1 saturated heterocycles. The first kappa shape index (κ1) is 7.81. The van der Waals surface area contributed by atoms with Gasteiger partial charge in [-0.15, -0.1) is 0 Å². The zero-order chi connectivity index (χ0) is 8.55. The number of ether oxygens (including phenoxy) is 1. The van der Waals surface area contributed by atoms with E-state index in [1.54, 1.807) is 0 Å². The van der Waals surface area contributed by atoms with Gasteiger partial charge in [0.25, 0.3) is 0 Å². The summed E-state index contributed by atoms with van der Waals surface area (Å²) in [7, 11) is 0. The molecule has 0 spiro atoms. The zero-order valence-electron chi connectivity index (χ0n) is 7.53. The molecule has 0 aromatic heterocycles. The maximum absolute atomic E-state index is 5.56. The molecule has 1 aliphatic heterocycles. The van der Waals surface area contributed by atoms with E-state index in [0.29, 0.717) is 18.1 Å². The Morgan fingerprint density at radius 1 is 1.17 bits per heavy atom. The molecule has 1 aliphatic rings. The minimum absolute atomic E-state index is 0.367. The molecule has 64 valence electrons. The SMILES string of the molecule is CC(C)C1OC1c1ccccc1. The Hall–Kier alpha value is -0.820. The van der Waals surface area contributed by atoms with Gasteiger partial charge in [-0.3, -0.25) is 0 Å². The molecule has 1 heterocycles. The molecule has 0 saturated carbocycles. The molecule has 2 atom stereocenters. The van der Waals surface area contributed by atoms with Crippen molar-refractivity contribution in [3.63, 3.8) is 0 Å². The summed E-state index contributed by atoms with van der Waals surface area (Å²) in [6, 6.07) is 10.4. The lowest BCUT2D eigenvalue weighted by Crippen LogP contribution is -1.97. The molecular weight excluding hydrogens is 148 g/mol. The quantitative estimate of drug-likeness (QED) is 0.609. The Morgan fingerprint density at radius 3 is 2.33 bits per heavy atom. The first-order valence-corrected chi connectivity index (χ1v) is 4.49. The summed E-state index contributed by atoms with van der Waals surface area (Å²) in [5.41, 5.74) is 1.32. The normalized spacial score (nSPS) is 27.6. The highest BCUT2D eigenvalue weighted by Gasteiger charge is 2.41. The van der Waals surface area contributed by atoms with Crippen molar-refractivity contribution in [1.29, 1.82) is 0 Å². The van der Waals surface area contributed by atoms with E-state index in [1.807, 2.05) is 6.07 Å². The molecule has 2 rings (SSSR count). The van der Waals surface area contributed by atoms with E-state index >= 15 is 0 Å². The van der Waals surface area contributed by atoms with Crippen LogP contribution in [0.4, 0.5) is 0 Å². The largest absolute Gasteiger partial charge is 0.364 e. The van der Waals surface area contributed by atoms with Crippen molar-refractivity contribution in [2.75, 3.05) is 0 Å². The van der Waals surface area contributed by atoms with Crippen LogP contribution in [0.3, 0.4) is 0 Å². The van der Waals surface area contributed by atoms with E-state index in [0.717, 1.165) is 0 Å². The summed E-state index contributed by atoms with van der Waals surface area (Å²) in [6.45, 7) is 4.40. The van der Waals surface area contributed by atoms with Gasteiger partial charge in [0.15, 0.2) is 0 Å². The third kappa shape index (κ3) is 1.37. The van der Waals surface area contributed by atoms with Gasteiger partial charge in [0, 0.05) is 0 Å². The maximum atomic E-state index is 5.56. The van der Waals surface area contributed by atoms with E-state index in [1.165, 1.54) is 5.56 Å². The maximum Gasteiger partial charge on any atom is 0.109 e. The van der Waals surface area contributed by atoms with Crippen molar-refractivity contribution in [2.45, 2.75) is 26.1 Å². The fourth-order valence-corrected chi connectivity index (χ4v) is 1.54. The molecule has 0 bridgehead atoms. The van der Waals surface area contributed by atoms with E-state index in [4.69, 9.17) is 4.74 Å². The van der Waals surface area contributed by atoms with E-state index in [2.05, 4.69) is 38.1 Å². The third-order valence-corrected chi connectivity index (χ3v) is 2.31. The molecule has 12 heavy (non-hydrogen) atoms. The summed E-state index contributed by atoms with van der Waals surface area (Å²) in [6.07, 6.45) is 0.818. The Bertz CT molecular complexity index is 253. The summed E-state index contributed by atoms with van der Waals surface area (Å²) < 4.78 is 5.56. The second-order valence-corrected chi connectivity index (χ2v) is 3.68. The Morgan fingerprint density at radius 2 is 1.83 bits per heavy atom. The van der Waals surface area contributed by atoms with Gasteiger partial charge in [-0.05, 0) is 11.5 Å². The Balaban J connectivity index is 2.06. The zero-order valence-corrected chi connectivity index (χ0v) is 7.53. The molecule has 1 aromatic carbocycles. The van der Waals surface area contributed by atoms with E-state index in [-0.39, 0.29) is 0 Å². The van der Waals surface area contributed by atoms with Crippen LogP contribution < -0.4 is 0 Å². The van der Waals surface area contributed by atoms with Crippen molar-refractivity contribution in [2.24, 2.45) is 5.92 Å². The van der Waals surface area contributed by atoms with Crippen molar-refractivity contribution < 1.29 is 4.74 Å². The number of benzene rings is 1. The molecular formula is C11H14O. The summed E-state index contributed by atoms with van der Waals surface area (Å²) in [5.74, 6) is 0.634. The fraction of sp³-hybridized carbons (Fsp3) is 0.455. The number of rotatable bonds is 2. The lowest BCUT2D eigenvalue weighted by Gasteiger charge is -1.97. The second kappa shape index (κ2) is 2.91. The summed E-state index contributed by atoms with van der Waals surface area (Å²) in [5, 5.41) is 0. The first-order chi connectivity index (χ1) is 5.79. The van der Waals surface area contributed by atoms with Crippen LogP contribution in [0, 0.1) is 5.92 Å². The molecule has 0 aliphatic carbocycles. The number of hydrogen-bond acceptors (Lipinski definition) is 1. The van der Waals surface area contributed by atoms with Gasteiger partial charge in [-0.2, -0.15) is 0 Å². The molecule has 0 N–H and O–H groups in total. The minimum atomic E-state index is 0.367. The second-order valence-electron chi connectivity index (χ2n) is 3.68. The van der Waals surface area contributed by atoms with Crippen LogP contribution in [0.15, 0.2) is 30.3 Å². The fourth-order valence-electron chi connectivity index (χ4n) is 1.54. The number of epoxide rings is 1. The van der Waals surface area contributed by atoms with Crippen LogP contribution in [-0.2, 0) is 4.74 Å². The van der Waals surface area contributed by atoms with Crippen molar-refractivity contribution in [3.05, 3.63) is 35.9 Å². The van der Waals surface area contributed by atoms with Crippen molar-refractivity contribution >= 4 is 0 Å². The van der Waals surface area contributed by atoms with Crippen LogP contribution in [0.1, 0.15) is 25.5 Å². The molecule has 1 fully saturated rings. The van der Waals surface area contributed by atoms with Gasteiger partial charge < -0.3 is 4.74 Å². The first-order valence-electron chi connectivity index (χ1n) is 4.49. The highest BCUT2D eigenvalue weighted by molar-refractivity contribution is 5.22. The highest BCUT2D eigenvalue weighted by atomic mass is 16.6. The highest BCUT2D eigenvalue weighted by Crippen LogP contribution is 2.42. The molecule has 1 nitrogen and oxygen atoms in total. The van der Waals surface area contributed by atoms with Crippen molar-refractivity contribution in [1.82, 2.24) is 0 Å². The standard InChI is InChI=1S/C11H14O/c1-8(2)10-11(12-10)9-6-4-3-5-7-9/h3-8,10-11H,1-2H3. The van der Waals surface area contributed by atoms with E-state index in [9.17, 15) is 0 Å². The third-order valence-electron chi connectivity index (χ3n) is 2.31. The monoisotopic (exact) mass is 162 g/mol. The minimum Gasteiger partial charge on any atom is -0.364 e. The lowest BCUT2D eigenvalue weighted by atomic mass is 10.0. The lowest BCUT2D eigenvalue weighted by molar-refractivity contribution is 0.336. The van der Waals surface area contributed by atoms with Gasteiger partial charge in [0.1, 0.15) is 6.10 Å². The van der Waals surface area contributed by atoms with E-state index < -0.39 is 0 Å². The van der Waals surface area contributed by atoms with Crippen LogP contribution in [-0.4, -0.2) is 6.10 Å². The van der Waals surface area contributed by atoms with Gasteiger partial charge in [0.05, 0.1) is 6.10 Å². The summed E-state index contributed by atoms with van der Waals surface area (Å²) in [4.78, 5) is 0. The average Bonchev–Trinajstić information content (AvgIpc) is 2.84.